The number of ether oxygens (including phenoxy) is 1. The van der Waals surface area contributed by atoms with Gasteiger partial charge >= 0.3 is 0 Å². The van der Waals surface area contributed by atoms with Gasteiger partial charge in [0.15, 0.2) is 0 Å². The molecule has 0 N–H and O–H groups in total. The zero-order chi connectivity index (χ0) is 23.9. The van der Waals surface area contributed by atoms with Crippen molar-refractivity contribution in [3.8, 4) is 11.1 Å². The Balaban J connectivity index is 1.31. The SMILES string of the molecule is CCCC1CCC2CC(c3cc(F)c(-c4ccc(C5=NC(C)(C)CO5)cc4)c(F)c3)CCC2C1. The molecule has 0 saturated heterocycles. The molecule has 2 fully saturated rings. The summed E-state index contributed by atoms with van der Waals surface area (Å²) in [6.45, 7) is 6.86. The molecule has 4 unspecified atom stereocenters. The van der Waals surface area contributed by atoms with Crippen LogP contribution in [-0.4, -0.2) is 18.0 Å². The maximum atomic E-state index is 15.2. The van der Waals surface area contributed by atoms with E-state index >= 15 is 8.78 Å². The van der Waals surface area contributed by atoms with Crippen molar-refractivity contribution in [2.75, 3.05) is 6.61 Å². The number of hydrogen-bond acceptors (Lipinski definition) is 2. The maximum Gasteiger partial charge on any atom is 0.216 e. The van der Waals surface area contributed by atoms with Crippen molar-refractivity contribution in [2.45, 2.75) is 83.6 Å². The van der Waals surface area contributed by atoms with Crippen molar-refractivity contribution >= 4 is 5.90 Å². The summed E-state index contributed by atoms with van der Waals surface area (Å²) in [5.41, 5.74) is 2.02. The van der Waals surface area contributed by atoms with Gasteiger partial charge in [-0.25, -0.2) is 13.8 Å². The van der Waals surface area contributed by atoms with Crippen LogP contribution in [0.4, 0.5) is 8.78 Å². The highest BCUT2D eigenvalue weighted by molar-refractivity contribution is 5.95. The minimum atomic E-state index is -0.466. The standard InChI is InChI=1S/C30H37F2NO/c1-4-5-19-6-7-23-15-24(13-12-22(23)14-19)25-16-26(31)28(27(32)17-25)20-8-10-21(11-9-20)29-33-30(2,3)18-34-29/h8-11,16-17,19,22-24H,4-7,12-15,18H2,1-3H3. The van der Waals surface area contributed by atoms with Crippen molar-refractivity contribution in [3.63, 3.8) is 0 Å². The summed E-state index contributed by atoms with van der Waals surface area (Å²) < 4.78 is 36.2. The Morgan fingerprint density at radius 1 is 0.912 bits per heavy atom. The zero-order valence-electron chi connectivity index (χ0n) is 20.7. The fraction of sp³-hybridized carbons (Fsp3) is 0.567. The van der Waals surface area contributed by atoms with Crippen LogP contribution in [0.25, 0.3) is 11.1 Å². The average molecular weight is 466 g/mol. The summed E-state index contributed by atoms with van der Waals surface area (Å²) in [7, 11) is 0. The monoisotopic (exact) mass is 465 g/mol. The molecule has 1 heterocycles. The Morgan fingerprint density at radius 2 is 1.56 bits per heavy atom. The van der Waals surface area contributed by atoms with E-state index < -0.39 is 11.6 Å². The molecule has 3 aliphatic rings. The first-order valence-corrected chi connectivity index (χ1v) is 13.2. The summed E-state index contributed by atoms with van der Waals surface area (Å²) >= 11 is 0. The lowest BCUT2D eigenvalue weighted by Gasteiger charge is -2.42. The third-order valence-corrected chi connectivity index (χ3v) is 8.34. The second-order valence-electron chi connectivity index (χ2n) is 11.5. The molecule has 4 heteroatoms. The summed E-state index contributed by atoms with van der Waals surface area (Å²) in [6.07, 6.45) is 9.92. The Bertz CT molecular complexity index is 1030. The number of rotatable bonds is 5. The molecule has 0 spiro atoms. The first kappa shape index (κ1) is 23.5. The molecule has 2 aromatic rings. The molecule has 5 rings (SSSR count). The van der Waals surface area contributed by atoms with Crippen LogP contribution in [0.1, 0.15) is 89.2 Å². The van der Waals surface area contributed by atoms with Crippen LogP contribution in [0.3, 0.4) is 0 Å². The lowest BCUT2D eigenvalue weighted by Crippen LogP contribution is -2.30. The Morgan fingerprint density at radius 3 is 2.21 bits per heavy atom. The van der Waals surface area contributed by atoms with E-state index in [0.717, 1.165) is 41.7 Å². The highest BCUT2D eigenvalue weighted by Gasteiger charge is 2.36. The summed E-state index contributed by atoms with van der Waals surface area (Å²) in [5, 5.41) is 0. The fourth-order valence-electron chi connectivity index (χ4n) is 6.58. The first-order chi connectivity index (χ1) is 16.3. The van der Waals surface area contributed by atoms with Gasteiger partial charge in [-0.15, -0.1) is 0 Å². The second-order valence-corrected chi connectivity index (χ2v) is 11.5. The molecule has 2 aromatic carbocycles. The average Bonchev–Trinajstić information content (AvgIpc) is 3.18. The predicted octanol–water partition coefficient (Wildman–Crippen LogP) is 8.29. The van der Waals surface area contributed by atoms with E-state index in [4.69, 9.17) is 4.74 Å². The van der Waals surface area contributed by atoms with E-state index in [1.807, 2.05) is 26.0 Å². The van der Waals surface area contributed by atoms with Gasteiger partial charge in [0.2, 0.25) is 5.90 Å². The molecular weight excluding hydrogens is 428 g/mol. The van der Waals surface area contributed by atoms with E-state index in [0.29, 0.717) is 18.1 Å². The topological polar surface area (TPSA) is 21.6 Å². The van der Waals surface area contributed by atoms with E-state index in [1.54, 1.807) is 24.3 Å². The molecule has 34 heavy (non-hydrogen) atoms. The van der Waals surface area contributed by atoms with Gasteiger partial charge in [0, 0.05) is 5.56 Å². The normalized spacial score (nSPS) is 28.2. The maximum absolute atomic E-state index is 15.2. The Kier molecular flexibility index (Phi) is 6.52. The summed E-state index contributed by atoms with van der Waals surface area (Å²) in [6, 6.07) is 10.4. The number of aliphatic imine (C=N–C) groups is 1. The Labute approximate surface area is 202 Å². The minimum absolute atomic E-state index is 0.0543. The van der Waals surface area contributed by atoms with Crippen molar-refractivity contribution in [3.05, 3.63) is 59.2 Å². The van der Waals surface area contributed by atoms with Crippen LogP contribution in [0.15, 0.2) is 41.4 Å². The van der Waals surface area contributed by atoms with Crippen LogP contribution in [0, 0.1) is 29.4 Å². The number of nitrogens with zero attached hydrogens (tertiary/aromatic N) is 1. The third-order valence-electron chi connectivity index (χ3n) is 8.34. The quantitative estimate of drug-likeness (QED) is 0.435. The van der Waals surface area contributed by atoms with E-state index in [1.165, 1.54) is 38.5 Å². The van der Waals surface area contributed by atoms with Gasteiger partial charge in [-0.3, -0.25) is 0 Å². The van der Waals surface area contributed by atoms with Crippen LogP contribution >= 0.6 is 0 Å². The second kappa shape index (κ2) is 9.43. The van der Waals surface area contributed by atoms with E-state index in [-0.39, 0.29) is 17.0 Å². The van der Waals surface area contributed by atoms with Gasteiger partial charge in [-0.1, -0.05) is 38.3 Å². The third kappa shape index (κ3) is 4.78. The van der Waals surface area contributed by atoms with Gasteiger partial charge in [0.25, 0.3) is 0 Å². The van der Waals surface area contributed by atoms with Crippen molar-refractivity contribution in [1.82, 2.24) is 0 Å². The van der Waals surface area contributed by atoms with Gasteiger partial charge < -0.3 is 4.74 Å². The summed E-state index contributed by atoms with van der Waals surface area (Å²) in [4.78, 5) is 4.58. The number of benzene rings is 2. The minimum Gasteiger partial charge on any atom is -0.475 e. The molecule has 2 aliphatic carbocycles. The van der Waals surface area contributed by atoms with Gasteiger partial charge in [0.05, 0.1) is 11.1 Å². The molecule has 182 valence electrons. The first-order valence-electron chi connectivity index (χ1n) is 13.2. The molecule has 1 aliphatic heterocycles. The van der Waals surface area contributed by atoms with Crippen LogP contribution in [-0.2, 0) is 4.74 Å². The van der Waals surface area contributed by atoms with E-state index in [9.17, 15) is 0 Å². The Hall–Kier alpha value is -2.23. The largest absolute Gasteiger partial charge is 0.475 e. The number of hydrogen-bond donors (Lipinski definition) is 0. The molecule has 0 amide bonds. The van der Waals surface area contributed by atoms with Crippen molar-refractivity contribution < 1.29 is 13.5 Å². The molecule has 0 aromatic heterocycles. The fourth-order valence-corrected chi connectivity index (χ4v) is 6.58. The molecule has 2 nitrogen and oxygen atoms in total. The zero-order valence-corrected chi connectivity index (χ0v) is 20.7. The van der Waals surface area contributed by atoms with Gasteiger partial charge in [-0.05, 0) is 105 Å². The number of halogens is 2. The van der Waals surface area contributed by atoms with Gasteiger partial charge in [0.1, 0.15) is 18.2 Å². The lowest BCUT2D eigenvalue weighted by atomic mass is 9.63. The van der Waals surface area contributed by atoms with E-state index in [2.05, 4.69) is 11.9 Å². The summed E-state index contributed by atoms with van der Waals surface area (Å²) in [5.74, 6) is 2.35. The molecular formula is C30H37F2NO. The number of fused-ring (bicyclic) bond motifs is 1. The highest BCUT2D eigenvalue weighted by atomic mass is 19.1. The van der Waals surface area contributed by atoms with Crippen LogP contribution in [0.2, 0.25) is 0 Å². The van der Waals surface area contributed by atoms with Crippen LogP contribution in [0.5, 0.6) is 0 Å². The lowest BCUT2D eigenvalue weighted by molar-refractivity contribution is 0.114. The highest BCUT2D eigenvalue weighted by Crippen LogP contribution is 2.48. The smallest absolute Gasteiger partial charge is 0.216 e. The molecule has 4 atom stereocenters. The molecule has 0 bridgehead atoms. The molecule has 0 radical (unpaired) electrons. The van der Waals surface area contributed by atoms with Crippen LogP contribution < -0.4 is 0 Å². The molecule has 2 saturated carbocycles. The predicted molar refractivity (Wildman–Crippen MR) is 134 cm³/mol. The van der Waals surface area contributed by atoms with Gasteiger partial charge in [-0.2, -0.15) is 0 Å². The van der Waals surface area contributed by atoms with Crippen molar-refractivity contribution in [2.24, 2.45) is 22.7 Å². The van der Waals surface area contributed by atoms with Crippen molar-refractivity contribution in [1.29, 1.82) is 0 Å².